The molecule has 1 N–H and O–H groups in total. The Morgan fingerprint density at radius 1 is 0.829 bits per heavy atom. The number of amides is 1. The van der Waals surface area contributed by atoms with E-state index in [1.165, 1.54) is 83.5 Å². The molecule has 0 aromatic heterocycles. The Hall–Kier alpha value is -1.71. The molecule has 0 radical (unpaired) electrons. The van der Waals surface area contributed by atoms with Gasteiger partial charge in [0.25, 0.3) is 0 Å². The fourth-order valence-electron chi connectivity index (χ4n) is 9.11. The lowest BCUT2D eigenvalue weighted by molar-refractivity contribution is -0.132. The summed E-state index contributed by atoms with van der Waals surface area (Å²) in [5.41, 5.74) is 0.690. The molecule has 0 saturated heterocycles. The summed E-state index contributed by atoms with van der Waals surface area (Å²) in [7, 11) is 0. The molecule has 230 valence electrons. The summed E-state index contributed by atoms with van der Waals surface area (Å²) in [6, 6.07) is -0.1000. The van der Waals surface area contributed by atoms with Gasteiger partial charge in [-0.1, -0.05) is 117 Å². The Labute approximate surface area is 251 Å². The van der Waals surface area contributed by atoms with E-state index in [-0.39, 0.29) is 28.6 Å². The molecule has 0 aromatic carbocycles. The van der Waals surface area contributed by atoms with Crippen LogP contribution in [-0.2, 0) is 14.4 Å². The minimum atomic E-state index is -0.212. The van der Waals surface area contributed by atoms with Crippen LogP contribution in [0.25, 0.3) is 0 Å². The van der Waals surface area contributed by atoms with E-state index in [2.05, 4.69) is 32.2 Å². The van der Waals surface area contributed by atoms with E-state index in [1.807, 2.05) is 6.08 Å². The first-order valence-corrected chi connectivity index (χ1v) is 17.6. The van der Waals surface area contributed by atoms with Gasteiger partial charge in [0.2, 0.25) is 5.91 Å². The molecule has 0 bridgehead atoms. The Morgan fingerprint density at radius 2 is 1.41 bits per heavy atom. The molecule has 3 fully saturated rings. The molecule has 0 spiro atoms. The van der Waals surface area contributed by atoms with Crippen molar-refractivity contribution in [3.8, 4) is 0 Å². The molecule has 3 saturated carbocycles. The van der Waals surface area contributed by atoms with Crippen molar-refractivity contribution in [3.05, 3.63) is 23.8 Å². The van der Waals surface area contributed by atoms with Gasteiger partial charge in [-0.05, 0) is 67.6 Å². The molecule has 0 aliphatic heterocycles. The van der Waals surface area contributed by atoms with Crippen molar-refractivity contribution < 1.29 is 14.4 Å². The van der Waals surface area contributed by atoms with Gasteiger partial charge in [0.15, 0.2) is 5.78 Å². The van der Waals surface area contributed by atoms with Crippen LogP contribution in [0.2, 0.25) is 0 Å². The second-order valence-electron chi connectivity index (χ2n) is 14.5. The lowest BCUT2D eigenvalue weighted by Gasteiger charge is -2.57. The maximum atomic E-state index is 13.1. The number of ketones is 2. The highest BCUT2D eigenvalue weighted by Gasteiger charge is 2.60. The number of fused-ring (bicyclic) bond motifs is 5. The Morgan fingerprint density at radius 3 is 2.02 bits per heavy atom. The van der Waals surface area contributed by atoms with Gasteiger partial charge in [0.1, 0.15) is 5.78 Å². The normalized spacial score (nSPS) is 32.3. The summed E-state index contributed by atoms with van der Waals surface area (Å²) in [4.78, 5) is 38.4. The Kier molecular flexibility index (Phi) is 11.9. The first kappa shape index (κ1) is 32.2. The van der Waals surface area contributed by atoms with E-state index in [9.17, 15) is 14.4 Å². The molecule has 4 rings (SSSR count). The van der Waals surface area contributed by atoms with Crippen LogP contribution in [0.15, 0.2) is 23.8 Å². The lowest BCUT2D eigenvalue weighted by atomic mass is 9.47. The number of unbranched alkanes of at least 4 members (excludes halogenated alkanes) is 14. The van der Waals surface area contributed by atoms with Gasteiger partial charge in [-0.3, -0.25) is 14.4 Å². The molecule has 0 aromatic rings. The smallest absolute Gasteiger partial charge is 0.220 e. The summed E-state index contributed by atoms with van der Waals surface area (Å²) < 4.78 is 0. The van der Waals surface area contributed by atoms with Crippen LogP contribution in [0.3, 0.4) is 0 Å². The highest BCUT2D eigenvalue weighted by Crippen LogP contribution is 2.63. The van der Waals surface area contributed by atoms with Gasteiger partial charge in [-0.2, -0.15) is 0 Å². The van der Waals surface area contributed by atoms with Gasteiger partial charge in [0.05, 0.1) is 6.04 Å². The second kappa shape index (κ2) is 15.1. The van der Waals surface area contributed by atoms with Crippen molar-refractivity contribution >= 4 is 17.5 Å². The summed E-state index contributed by atoms with van der Waals surface area (Å²) in [5.74, 6) is 1.84. The molecule has 6 atom stereocenters. The third kappa shape index (κ3) is 7.82. The maximum absolute atomic E-state index is 13.1. The largest absolute Gasteiger partial charge is 0.350 e. The fourth-order valence-corrected chi connectivity index (χ4v) is 9.11. The van der Waals surface area contributed by atoms with Crippen molar-refractivity contribution in [2.45, 2.75) is 162 Å². The SMILES string of the molecule is CCCCCCCCCCCCCCCCCC(=O)N[C@H]1C[C@@H]2[C@H](CC[C@]3(C)C(=O)CC[C@@H]23)[C@@]2(C)C=CC(=O)C=C12. The van der Waals surface area contributed by atoms with E-state index >= 15 is 0 Å². The van der Waals surface area contributed by atoms with Gasteiger partial charge in [-0.25, -0.2) is 0 Å². The zero-order valence-corrected chi connectivity index (χ0v) is 26.6. The Bertz CT molecular complexity index is 965. The molecular weight excluding hydrogens is 506 g/mol. The third-order valence-electron chi connectivity index (χ3n) is 11.7. The van der Waals surface area contributed by atoms with Crippen LogP contribution in [0.4, 0.5) is 0 Å². The third-order valence-corrected chi connectivity index (χ3v) is 11.7. The molecule has 4 nitrogen and oxygen atoms in total. The number of rotatable bonds is 17. The zero-order valence-electron chi connectivity index (χ0n) is 26.6. The molecule has 4 heteroatoms. The summed E-state index contributed by atoms with van der Waals surface area (Å²) >= 11 is 0. The summed E-state index contributed by atoms with van der Waals surface area (Å²) in [6.07, 6.45) is 30.6. The zero-order chi connectivity index (χ0) is 29.3. The van der Waals surface area contributed by atoms with Crippen molar-refractivity contribution in [2.24, 2.45) is 28.6 Å². The van der Waals surface area contributed by atoms with Crippen LogP contribution in [0.1, 0.15) is 156 Å². The van der Waals surface area contributed by atoms with Gasteiger partial charge in [0, 0.05) is 23.7 Å². The molecule has 4 aliphatic rings. The molecule has 4 aliphatic carbocycles. The van der Waals surface area contributed by atoms with Gasteiger partial charge in [-0.15, -0.1) is 0 Å². The average molecular weight is 566 g/mol. The number of hydrogen-bond acceptors (Lipinski definition) is 3. The monoisotopic (exact) mass is 565 g/mol. The topological polar surface area (TPSA) is 63.2 Å². The van der Waals surface area contributed by atoms with E-state index < -0.39 is 0 Å². The number of allylic oxidation sites excluding steroid dienone is 3. The van der Waals surface area contributed by atoms with Crippen molar-refractivity contribution in [2.75, 3.05) is 0 Å². The van der Waals surface area contributed by atoms with E-state index in [1.54, 1.807) is 6.08 Å². The molecule has 0 heterocycles. The number of carbonyl (C=O) groups excluding carboxylic acids is 3. The van der Waals surface area contributed by atoms with Crippen LogP contribution < -0.4 is 5.32 Å². The molecule has 0 unspecified atom stereocenters. The second-order valence-corrected chi connectivity index (χ2v) is 14.5. The maximum Gasteiger partial charge on any atom is 0.220 e. The first-order valence-electron chi connectivity index (χ1n) is 17.6. The predicted octanol–water partition coefficient (Wildman–Crippen LogP) is 9.22. The van der Waals surface area contributed by atoms with Crippen molar-refractivity contribution in [3.63, 3.8) is 0 Å². The quantitative estimate of drug-likeness (QED) is 0.179. The highest BCUT2D eigenvalue weighted by atomic mass is 16.2. The predicted molar refractivity (Wildman–Crippen MR) is 168 cm³/mol. The number of carbonyl (C=O) groups is 3. The standard InChI is InChI=1S/C37H59NO3/c1-4-5-6-7-8-9-10-11-12-13-14-15-16-17-18-19-35(41)38-33-27-29-30-20-21-34(40)37(30,3)25-23-31(29)36(2)24-22-28(39)26-32(33)36/h22,24,26,29-31,33H,4-21,23,25,27H2,1-3H3,(H,38,41)/t29-,30-,31-,33-,36+,37-/m0/s1. The molecular formula is C37H59NO3. The highest BCUT2D eigenvalue weighted by molar-refractivity contribution is 6.01. The van der Waals surface area contributed by atoms with Crippen molar-refractivity contribution in [1.82, 2.24) is 5.32 Å². The fraction of sp³-hybridized carbons (Fsp3) is 0.811. The van der Waals surface area contributed by atoms with Gasteiger partial charge < -0.3 is 5.32 Å². The van der Waals surface area contributed by atoms with Crippen LogP contribution >= 0.6 is 0 Å². The molecule has 1 amide bonds. The van der Waals surface area contributed by atoms with Crippen LogP contribution in [0, 0.1) is 28.6 Å². The lowest BCUT2D eigenvalue weighted by Crippen LogP contribution is -2.56. The number of nitrogens with one attached hydrogen (secondary N) is 1. The van der Waals surface area contributed by atoms with E-state index in [4.69, 9.17) is 0 Å². The number of hydrogen-bond donors (Lipinski definition) is 1. The van der Waals surface area contributed by atoms with E-state index in [0.717, 1.165) is 44.1 Å². The number of Topliss-reactive ketones (excluding diaryl/α,β-unsaturated/α-hetero) is 1. The van der Waals surface area contributed by atoms with Gasteiger partial charge >= 0.3 is 0 Å². The van der Waals surface area contributed by atoms with E-state index in [0.29, 0.717) is 36.4 Å². The van der Waals surface area contributed by atoms with Crippen LogP contribution in [-0.4, -0.2) is 23.5 Å². The van der Waals surface area contributed by atoms with Crippen LogP contribution in [0.5, 0.6) is 0 Å². The minimum Gasteiger partial charge on any atom is -0.350 e. The summed E-state index contributed by atoms with van der Waals surface area (Å²) in [5, 5.41) is 3.37. The first-order chi connectivity index (χ1) is 19.8. The van der Waals surface area contributed by atoms with Crippen molar-refractivity contribution in [1.29, 1.82) is 0 Å². The Balaban J connectivity index is 1.16. The average Bonchev–Trinajstić information content (AvgIpc) is 3.26. The minimum absolute atomic E-state index is 0.0364. The summed E-state index contributed by atoms with van der Waals surface area (Å²) in [6.45, 7) is 6.74. The molecule has 41 heavy (non-hydrogen) atoms.